The highest BCUT2D eigenvalue weighted by atomic mass is 32.2. The molecule has 3 rings (SSSR count). The minimum Gasteiger partial charge on any atom is -0.474 e. The lowest BCUT2D eigenvalue weighted by Gasteiger charge is -2.29. The lowest BCUT2D eigenvalue weighted by atomic mass is 9.92. The van der Waals surface area contributed by atoms with Crippen molar-refractivity contribution in [1.82, 2.24) is 10.3 Å². The maximum atomic E-state index is 13.2. The maximum absolute atomic E-state index is 13.2. The van der Waals surface area contributed by atoms with E-state index in [1.165, 1.54) is 0 Å². The summed E-state index contributed by atoms with van der Waals surface area (Å²) in [5, 5.41) is 3.05. The highest BCUT2D eigenvalue weighted by molar-refractivity contribution is 7.92. The van der Waals surface area contributed by atoms with Gasteiger partial charge in [0.2, 0.25) is 11.8 Å². The topological polar surface area (TPSA) is 68.3 Å². The molecule has 31 heavy (non-hydrogen) atoms. The van der Waals surface area contributed by atoms with Gasteiger partial charge in [0.05, 0.1) is 11.4 Å². The van der Waals surface area contributed by atoms with Crippen LogP contribution in [0.15, 0.2) is 17.0 Å². The molecule has 2 saturated carbocycles. The Balaban J connectivity index is 1.46. The lowest BCUT2D eigenvalue weighted by molar-refractivity contribution is -0.0403. The molecule has 1 N–H and O–H groups in total. The summed E-state index contributed by atoms with van der Waals surface area (Å²) >= 11 is 0. The van der Waals surface area contributed by atoms with Crippen molar-refractivity contribution >= 4 is 9.84 Å². The molecule has 1 heterocycles. The van der Waals surface area contributed by atoms with E-state index in [4.69, 9.17) is 4.74 Å². The Bertz CT molecular complexity index is 816. The minimum atomic E-state index is -3.43. The molecule has 1 aromatic heterocycles. The second-order valence-corrected chi connectivity index (χ2v) is 11.4. The van der Waals surface area contributed by atoms with E-state index in [-0.39, 0.29) is 41.0 Å². The summed E-state index contributed by atoms with van der Waals surface area (Å²) < 4.78 is 58.6. The highest BCUT2D eigenvalue weighted by Gasteiger charge is 2.35. The number of hydrogen-bond acceptors (Lipinski definition) is 5. The largest absolute Gasteiger partial charge is 0.474 e. The molecule has 0 spiro atoms. The maximum Gasteiger partial charge on any atom is 0.248 e. The zero-order valence-electron chi connectivity index (χ0n) is 18.7. The average Bonchev–Trinajstić information content (AvgIpc) is 3.24. The number of rotatable bonds is 10. The number of hydrogen-bond donors (Lipinski definition) is 1. The van der Waals surface area contributed by atoms with Crippen molar-refractivity contribution in [3.05, 3.63) is 17.8 Å². The predicted molar refractivity (Wildman–Crippen MR) is 118 cm³/mol. The third-order valence-electron chi connectivity index (χ3n) is 6.51. The molecule has 176 valence electrons. The number of nitrogens with one attached hydrogen (secondary N) is 1. The monoisotopic (exact) mass is 458 g/mol. The molecule has 1 aromatic rings. The number of ether oxygens (including phenoxy) is 1. The molecule has 0 bridgehead atoms. The number of alkyl halides is 2. The molecule has 0 saturated heterocycles. The van der Waals surface area contributed by atoms with Crippen LogP contribution in [0.5, 0.6) is 5.88 Å². The van der Waals surface area contributed by atoms with E-state index in [1.54, 1.807) is 12.1 Å². The van der Waals surface area contributed by atoms with Crippen molar-refractivity contribution in [1.29, 1.82) is 0 Å². The minimum absolute atomic E-state index is 0.0227. The van der Waals surface area contributed by atoms with E-state index < -0.39 is 15.8 Å². The average molecular weight is 459 g/mol. The van der Waals surface area contributed by atoms with E-state index in [9.17, 15) is 17.2 Å². The standard InChI is InChI=1S/C23H36F2N2O3S/c1-17-10-11-21(31(28,29)20-8-3-4-9-20)22(27-17)30-18(2)7-5-6-16-26-19-12-14-23(24,25)15-13-19/h10-11,18-20,26H,3-9,12-16H2,1-2H3/t18-/m0/s1. The van der Waals surface area contributed by atoms with Gasteiger partial charge in [0.25, 0.3) is 0 Å². The second-order valence-electron chi connectivity index (χ2n) is 9.22. The van der Waals surface area contributed by atoms with Crippen molar-refractivity contribution < 1.29 is 21.9 Å². The van der Waals surface area contributed by atoms with Gasteiger partial charge in [-0.05, 0) is 77.5 Å². The predicted octanol–water partition coefficient (Wildman–Crippen LogP) is 5.21. The van der Waals surface area contributed by atoms with Gasteiger partial charge in [-0.15, -0.1) is 0 Å². The molecule has 0 aliphatic heterocycles. The van der Waals surface area contributed by atoms with Crippen LogP contribution in [0, 0.1) is 6.92 Å². The molecule has 0 amide bonds. The summed E-state index contributed by atoms with van der Waals surface area (Å²) in [5.41, 5.74) is 0.731. The first-order chi connectivity index (χ1) is 14.7. The number of aryl methyl sites for hydroxylation is 1. The van der Waals surface area contributed by atoms with Crippen LogP contribution in [-0.2, 0) is 9.84 Å². The third kappa shape index (κ3) is 6.85. The summed E-state index contributed by atoms with van der Waals surface area (Å²) in [6, 6.07) is 3.55. The Hall–Kier alpha value is -1.28. The van der Waals surface area contributed by atoms with Crippen molar-refractivity contribution in [2.75, 3.05) is 6.54 Å². The molecule has 1 atom stereocenters. The third-order valence-corrected chi connectivity index (χ3v) is 8.79. The molecular weight excluding hydrogens is 422 g/mol. The first-order valence-corrected chi connectivity index (χ1v) is 13.2. The van der Waals surface area contributed by atoms with Crippen LogP contribution in [0.4, 0.5) is 8.78 Å². The van der Waals surface area contributed by atoms with Crippen LogP contribution in [-0.4, -0.2) is 43.3 Å². The van der Waals surface area contributed by atoms with Crippen LogP contribution in [0.2, 0.25) is 0 Å². The highest BCUT2D eigenvalue weighted by Crippen LogP contribution is 2.34. The number of sulfone groups is 1. The van der Waals surface area contributed by atoms with E-state index in [2.05, 4.69) is 10.3 Å². The van der Waals surface area contributed by atoms with Gasteiger partial charge in [-0.25, -0.2) is 22.2 Å². The van der Waals surface area contributed by atoms with Gasteiger partial charge >= 0.3 is 0 Å². The Kier molecular flexibility index (Phi) is 8.30. The van der Waals surface area contributed by atoms with Gasteiger partial charge < -0.3 is 10.1 Å². The van der Waals surface area contributed by atoms with Crippen molar-refractivity contribution in [2.45, 2.75) is 113 Å². The van der Waals surface area contributed by atoms with Crippen molar-refractivity contribution in [3.63, 3.8) is 0 Å². The van der Waals surface area contributed by atoms with Gasteiger partial charge in [0.15, 0.2) is 9.84 Å². The number of unbranched alkanes of at least 4 members (excludes halogenated alkanes) is 1. The Morgan fingerprint density at radius 2 is 1.84 bits per heavy atom. The Morgan fingerprint density at radius 1 is 1.16 bits per heavy atom. The van der Waals surface area contributed by atoms with Gasteiger partial charge in [-0.3, -0.25) is 0 Å². The molecule has 8 heteroatoms. The first kappa shape index (κ1) is 24.4. The quantitative estimate of drug-likeness (QED) is 0.488. The van der Waals surface area contributed by atoms with Crippen LogP contribution in [0.1, 0.15) is 83.2 Å². The van der Waals surface area contributed by atoms with Gasteiger partial charge in [-0.2, -0.15) is 0 Å². The molecule has 2 aliphatic rings. The Labute approximate surface area is 185 Å². The second kappa shape index (κ2) is 10.6. The summed E-state index contributed by atoms with van der Waals surface area (Å²) in [7, 11) is -3.43. The molecule has 0 radical (unpaired) electrons. The Morgan fingerprint density at radius 3 is 2.52 bits per heavy atom. The van der Waals surface area contributed by atoms with Crippen LogP contribution in [0.25, 0.3) is 0 Å². The molecular formula is C23H36F2N2O3S. The number of nitrogens with zero attached hydrogens (tertiary/aromatic N) is 1. The van der Waals surface area contributed by atoms with Crippen molar-refractivity contribution in [2.24, 2.45) is 0 Å². The summed E-state index contributed by atoms with van der Waals surface area (Å²) in [5.74, 6) is -2.26. The zero-order chi connectivity index (χ0) is 22.5. The number of halogens is 2. The van der Waals surface area contributed by atoms with Crippen LogP contribution >= 0.6 is 0 Å². The van der Waals surface area contributed by atoms with E-state index in [0.717, 1.165) is 44.3 Å². The van der Waals surface area contributed by atoms with Gasteiger partial charge in [-0.1, -0.05) is 12.8 Å². The van der Waals surface area contributed by atoms with E-state index in [0.29, 0.717) is 25.7 Å². The SMILES string of the molecule is Cc1ccc(S(=O)(=O)C2CCCC2)c(O[C@@H](C)CCCCNC2CCC(F)(F)CC2)n1. The molecule has 0 aromatic carbocycles. The molecule has 0 unspecified atom stereocenters. The van der Waals surface area contributed by atoms with Crippen LogP contribution in [0.3, 0.4) is 0 Å². The molecule has 5 nitrogen and oxygen atoms in total. The number of pyridine rings is 1. The summed E-state index contributed by atoms with van der Waals surface area (Å²) in [6.45, 7) is 4.57. The normalized spacial score (nSPS) is 21.3. The summed E-state index contributed by atoms with van der Waals surface area (Å²) in [4.78, 5) is 4.61. The lowest BCUT2D eigenvalue weighted by Crippen LogP contribution is -2.37. The first-order valence-electron chi connectivity index (χ1n) is 11.7. The van der Waals surface area contributed by atoms with E-state index in [1.807, 2.05) is 13.8 Å². The van der Waals surface area contributed by atoms with Gasteiger partial charge in [0.1, 0.15) is 4.90 Å². The summed E-state index contributed by atoms with van der Waals surface area (Å²) in [6.07, 6.45) is 6.80. The van der Waals surface area contributed by atoms with Crippen LogP contribution < -0.4 is 10.1 Å². The molecule has 2 fully saturated rings. The fourth-order valence-electron chi connectivity index (χ4n) is 4.56. The van der Waals surface area contributed by atoms with E-state index >= 15 is 0 Å². The fourth-order valence-corrected chi connectivity index (χ4v) is 6.46. The zero-order valence-corrected chi connectivity index (χ0v) is 19.5. The molecule has 2 aliphatic carbocycles. The van der Waals surface area contributed by atoms with Crippen molar-refractivity contribution in [3.8, 4) is 5.88 Å². The van der Waals surface area contributed by atoms with Gasteiger partial charge in [0, 0.05) is 24.6 Å². The smallest absolute Gasteiger partial charge is 0.248 e. The number of aromatic nitrogens is 1. The fraction of sp³-hybridized carbons (Fsp3) is 0.783.